The molecule has 0 atom stereocenters. The summed E-state index contributed by atoms with van der Waals surface area (Å²) in [5.74, 6) is 0.744. The van der Waals surface area contributed by atoms with Gasteiger partial charge < -0.3 is 25.5 Å². The van der Waals surface area contributed by atoms with Crippen LogP contribution in [0.5, 0.6) is 11.6 Å². The molecule has 3 aromatic carbocycles. The number of H-pyrrole nitrogens is 4. The van der Waals surface area contributed by atoms with E-state index in [0.717, 1.165) is 44.8 Å². The van der Waals surface area contributed by atoms with Gasteiger partial charge in [-0.05, 0) is 42.0 Å². The smallest absolute Gasteiger partial charge is 0.233 e. The van der Waals surface area contributed by atoms with Gasteiger partial charge in [-0.3, -0.25) is 10.2 Å². The topological polar surface area (TPSA) is 144 Å². The Morgan fingerprint density at radius 3 is 2.13 bits per heavy atom. The number of ether oxygens (including phenoxy) is 1. The van der Waals surface area contributed by atoms with Gasteiger partial charge in [0.15, 0.2) is 0 Å². The minimum atomic E-state index is 0.229. The van der Waals surface area contributed by atoms with Gasteiger partial charge in [-0.15, -0.1) is 5.10 Å². The number of fused-ring (bicyclic) bond motifs is 2. The van der Waals surface area contributed by atoms with Gasteiger partial charge in [-0.25, -0.2) is 0 Å². The molecule has 9 nitrogen and oxygen atoms in total. The average Bonchev–Trinajstić information content (AvgIpc) is 3.73. The van der Waals surface area contributed by atoms with Crippen molar-refractivity contribution in [2.45, 2.75) is 6.61 Å². The number of nitrogens with one attached hydrogen (secondary N) is 4. The van der Waals surface area contributed by atoms with Gasteiger partial charge in [0.2, 0.25) is 5.88 Å². The van der Waals surface area contributed by atoms with Crippen LogP contribution >= 0.6 is 0 Å². The quantitative estimate of drug-likeness (QED) is 0.171. The summed E-state index contributed by atoms with van der Waals surface area (Å²) in [7, 11) is 0. The Labute approximate surface area is 217 Å². The summed E-state index contributed by atoms with van der Waals surface area (Å²) in [4.78, 5) is 6.63. The summed E-state index contributed by atoms with van der Waals surface area (Å²) in [6.07, 6.45) is 1.61. The van der Waals surface area contributed by atoms with Crippen molar-refractivity contribution in [2.24, 2.45) is 0 Å². The largest absolute Gasteiger partial charge is 0.508 e. The molecule has 7 N–H and O–H groups in total. The second-order valence-electron chi connectivity index (χ2n) is 8.82. The standard InChI is InChI=1S/C18H15N3O2.C11H10N4/c22-14-6-3-4-12(8-14)11-23-18-10-17(20-21-18)16-9-13-5-1-2-7-15(13)19-16;12-8-6-13-15-11(8)10-5-7-3-1-2-4-9(7)14-10/h1-10,19,22H,11H2,(H,20,21);1-6,14H,12H2,(H,13,15). The molecule has 0 fully saturated rings. The van der Waals surface area contributed by atoms with E-state index in [1.54, 1.807) is 24.4 Å². The van der Waals surface area contributed by atoms with Gasteiger partial charge in [0.05, 0.1) is 29.0 Å². The van der Waals surface area contributed by atoms with Crippen LogP contribution in [-0.2, 0) is 6.61 Å². The van der Waals surface area contributed by atoms with Crippen LogP contribution in [0.15, 0.2) is 97.2 Å². The number of nitrogens with zero attached hydrogens (tertiary/aromatic N) is 2. The fraction of sp³-hybridized carbons (Fsp3) is 0.0345. The van der Waals surface area contributed by atoms with Crippen LogP contribution in [0, 0.1) is 0 Å². The van der Waals surface area contributed by atoms with E-state index in [-0.39, 0.29) is 5.75 Å². The van der Waals surface area contributed by atoms with E-state index in [4.69, 9.17) is 10.5 Å². The molecule has 0 radical (unpaired) electrons. The van der Waals surface area contributed by atoms with Crippen molar-refractivity contribution in [1.29, 1.82) is 0 Å². The minimum Gasteiger partial charge on any atom is -0.508 e. The summed E-state index contributed by atoms with van der Waals surface area (Å²) in [5.41, 5.74) is 13.1. The number of nitrogen functional groups attached to an aromatic ring is 1. The van der Waals surface area contributed by atoms with E-state index < -0.39 is 0 Å². The minimum absolute atomic E-state index is 0.229. The molecule has 0 spiro atoms. The lowest BCUT2D eigenvalue weighted by molar-refractivity contribution is 0.293. The maximum absolute atomic E-state index is 9.45. The van der Waals surface area contributed by atoms with Gasteiger partial charge in [-0.2, -0.15) is 5.10 Å². The third kappa shape index (κ3) is 4.80. The SMILES string of the molecule is Nc1cn[nH]c1-c1cc2ccccc2[nH]1.Oc1cccc(COc2cc(-c3cc4ccccc4[nH]3)[nH]n2)c1. The monoisotopic (exact) mass is 503 g/mol. The summed E-state index contributed by atoms with van der Waals surface area (Å²) < 4.78 is 5.66. The number of aromatic hydroxyl groups is 1. The van der Waals surface area contributed by atoms with E-state index in [1.807, 2.05) is 48.5 Å². The molecule has 0 bridgehead atoms. The number of hydrogen-bond acceptors (Lipinski definition) is 5. The van der Waals surface area contributed by atoms with Crippen LogP contribution in [0.2, 0.25) is 0 Å². The first-order valence-electron chi connectivity index (χ1n) is 12.0. The van der Waals surface area contributed by atoms with Crippen LogP contribution in [0.3, 0.4) is 0 Å². The lowest BCUT2D eigenvalue weighted by Crippen LogP contribution is -1.95. The number of aromatic nitrogens is 6. The number of hydrogen-bond donors (Lipinski definition) is 6. The van der Waals surface area contributed by atoms with Gasteiger partial charge in [0.25, 0.3) is 0 Å². The summed E-state index contributed by atoms with van der Waals surface area (Å²) >= 11 is 0. The number of phenols is 1. The molecular weight excluding hydrogens is 478 g/mol. The first kappa shape index (κ1) is 23.0. The normalized spacial score (nSPS) is 10.9. The fourth-order valence-corrected chi connectivity index (χ4v) is 4.26. The highest BCUT2D eigenvalue weighted by Crippen LogP contribution is 2.26. The summed E-state index contributed by atoms with van der Waals surface area (Å²) in [6, 6.07) is 29.2. The molecule has 4 aromatic heterocycles. The Morgan fingerprint density at radius 2 is 1.45 bits per heavy atom. The molecule has 9 heteroatoms. The fourth-order valence-electron chi connectivity index (χ4n) is 4.26. The number of rotatable bonds is 5. The number of aromatic amines is 4. The predicted molar refractivity (Wildman–Crippen MR) is 149 cm³/mol. The zero-order valence-corrected chi connectivity index (χ0v) is 20.3. The Balaban J connectivity index is 0.000000152. The van der Waals surface area contributed by atoms with E-state index in [0.29, 0.717) is 18.2 Å². The molecule has 0 aliphatic heterocycles. The number of nitrogens with two attached hydrogens (primary N) is 1. The maximum atomic E-state index is 9.45. The second kappa shape index (κ2) is 9.90. The van der Waals surface area contributed by atoms with E-state index in [9.17, 15) is 5.11 Å². The van der Waals surface area contributed by atoms with Crippen molar-refractivity contribution in [2.75, 3.05) is 5.73 Å². The molecule has 38 heavy (non-hydrogen) atoms. The molecule has 0 unspecified atom stereocenters. The van der Waals surface area contributed by atoms with E-state index >= 15 is 0 Å². The first-order chi connectivity index (χ1) is 18.6. The lowest BCUT2D eigenvalue weighted by Gasteiger charge is -2.02. The van der Waals surface area contributed by atoms with Crippen molar-refractivity contribution < 1.29 is 9.84 Å². The second-order valence-corrected chi connectivity index (χ2v) is 8.82. The lowest BCUT2D eigenvalue weighted by atomic mass is 10.2. The van der Waals surface area contributed by atoms with Crippen molar-refractivity contribution >= 4 is 27.5 Å². The molecular formula is C29H25N7O2. The van der Waals surface area contributed by atoms with Crippen LogP contribution in [0.4, 0.5) is 5.69 Å². The van der Waals surface area contributed by atoms with Gasteiger partial charge in [0.1, 0.15) is 18.1 Å². The Morgan fingerprint density at radius 1 is 0.737 bits per heavy atom. The Bertz CT molecular complexity index is 1760. The molecule has 0 aliphatic rings. The van der Waals surface area contributed by atoms with Crippen molar-refractivity contribution in [3.8, 4) is 34.4 Å². The molecule has 0 amide bonds. The number of anilines is 1. The van der Waals surface area contributed by atoms with Crippen LogP contribution in [0.25, 0.3) is 44.6 Å². The third-order valence-electron chi connectivity index (χ3n) is 6.14. The highest BCUT2D eigenvalue weighted by atomic mass is 16.5. The van der Waals surface area contributed by atoms with Crippen molar-refractivity contribution in [1.82, 2.24) is 30.4 Å². The van der Waals surface area contributed by atoms with Crippen molar-refractivity contribution in [3.05, 3.63) is 103 Å². The molecule has 7 aromatic rings. The highest BCUT2D eigenvalue weighted by molar-refractivity contribution is 5.87. The molecule has 7 rings (SSSR count). The molecule has 188 valence electrons. The molecule has 0 saturated carbocycles. The number of phenolic OH excluding ortho intramolecular Hbond substituents is 1. The van der Waals surface area contributed by atoms with Crippen LogP contribution in [-0.4, -0.2) is 35.5 Å². The highest BCUT2D eigenvalue weighted by Gasteiger charge is 2.09. The Hall–Kier alpha value is -5.44. The summed E-state index contributed by atoms with van der Waals surface area (Å²) in [5, 5.41) is 25.7. The first-order valence-corrected chi connectivity index (χ1v) is 12.0. The van der Waals surface area contributed by atoms with E-state index in [2.05, 4.69) is 54.6 Å². The molecule has 4 heterocycles. The van der Waals surface area contributed by atoms with Crippen LogP contribution < -0.4 is 10.5 Å². The number of benzene rings is 3. The summed E-state index contributed by atoms with van der Waals surface area (Å²) in [6.45, 7) is 0.353. The van der Waals surface area contributed by atoms with Gasteiger partial charge in [-0.1, -0.05) is 48.5 Å². The van der Waals surface area contributed by atoms with Gasteiger partial charge in [0, 0.05) is 27.9 Å². The Kier molecular flexibility index (Phi) is 5.99. The average molecular weight is 504 g/mol. The van der Waals surface area contributed by atoms with E-state index in [1.165, 1.54) is 5.39 Å². The zero-order valence-electron chi connectivity index (χ0n) is 20.3. The predicted octanol–water partition coefficient (Wildman–Crippen LogP) is 5.98. The van der Waals surface area contributed by atoms with Crippen LogP contribution in [0.1, 0.15) is 5.56 Å². The molecule has 0 saturated heterocycles. The maximum Gasteiger partial charge on any atom is 0.233 e. The number of para-hydroxylation sites is 2. The van der Waals surface area contributed by atoms with Crippen molar-refractivity contribution in [3.63, 3.8) is 0 Å². The molecule has 0 aliphatic carbocycles. The van der Waals surface area contributed by atoms with Gasteiger partial charge >= 0.3 is 0 Å². The third-order valence-corrected chi connectivity index (χ3v) is 6.14. The zero-order chi connectivity index (χ0) is 25.9.